The summed E-state index contributed by atoms with van der Waals surface area (Å²) in [5.41, 5.74) is 0.920. The first kappa shape index (κ1) is 27.5. The van der Waals surface area contributed by atoms with Crippen LogP contribution in [0.2, 0.25) is 0 Å². The van der Waals surface area contributed by atoms with Crippen LogP contribution < -0.4 is 56.8 Å². The predicted octanol–water partition coefficient (Wildman–Crippen LogP) is 0.704. The summed E-state index contributed by atoms with van der Waals surface area (Å²) in [6.45, 7) is 7.46. The first-order valence-electron chi connectivity index (χ1n) is 9.75. The zero-order valence-corrected chi connectivity index (χ0v) is 22.2. The van der Waals surface area contributed by atoms with Crippen molar-refractivity contribution < 1.29 is 73.9 Å². The Morgan fingerprint density at radius 2 is 1.60 bits per heavy atom. The molecule has 4 nitrogen and oxygen atoms in total. The maximum atomic E-state index is 13.7. The molecule has 1 aliphatic rings. The van der Waals surface area contributed by atoms with Gasteiger partial charge in [-0.2, -0.15) is 0 Å². The summed E-state index contributed by atoms with van der Waals surface area (Å²) in [5, 5.41) is 0. The predicted molar refractivity (Wildman–Crippen MR) is 110 cm³/mol. The largest absolute Gasteiger partial charge is 1.00 e. The number of piperazine rings is 1. The number of carbonyl (C=O) groups is 1. The maximum Gasteiger partial charge on any atom is 1.00 e. The Labute approximate surface area is 220 Å². The second-order valence-corrected chi connectivity index (χ2v) is 8.60. The van der Waals surface area contributed by atoms with Gasteiger partial charge in [-0.05, 0) is 52.7 Å². The van der Waals surface area contributed by atoms with Crippen molar-refractivity contribution in [2.24, 2.45) is 0 Å². The monoisotopic (exact) mass is 448 g/mol. The average Bonchev–Trinajstić information content (AvgIpc) is 2.57. The summed E-state index contributed by atoms with van der Waals surface area (Å²) in [6.07, 6.45) is 5.17. The smallest absolute Gasteiger partial charge is 0.445 e. The molecule has 1 aromatic rings. The van der Waals surface area contributed by atoms with Gasteiger partial charge < -0.3 is 22.6 Å². The number of rotatable bonds is 3. The minimum Gasteiger partial charge on any atom is -0.445 e. The Morgan fingerprint density at radius 3 is 2.03 bits per heavy atom. The van der Waals surface area contributed by atoms with Gasteiger partial charge in [0.15, 0.2) is 0 Å². The number of carbonyl (C=O) groups excluding carboxylic acids is 1. The van der Waals surface area contributed by atoms with Crippen LogP contribution in [0.5, 0.6) is 0 Å². The van der Waals surface area contributed by atoms with E-state index in [4.69, 9.17) is 11.2 Å². The van der Waals surface area contributed by atoms with Crippen molar-refractivity contribution in [1.82, 2.24) is 9.80 Å². The average molecular weight is 448 g/mol. The molecule has 1 heterocycles. The number of hydrogen-bond donors (Lipinski definition) is 0. The van der Waals surface area contributed by atoms with E-state index in [1.54, 1.807) is 11.8 Å². The van der Waals surface area contributed by atoms with Gasteiger partial charge in [0.2, 0.25) is 0 Å². The summed E-state index contributed by atoms with van der Waals surface area (Å²) >= 11 is 0. The summed E-state index contributed by atoms with van der Waals surface area (Å²) in [5.74, 6) is 2.45. The van der Waals surface area contributed by atoms with Crippen molar-refractivity contribution >= 4 is 18.5 Å². The fourth-order valence-corrected chi connectivity index (χ4v) is 3.88. The first-order valence-corrected chi connectivity index (χ1v) is 9.75. The molecule has 0 aromatic heterocycles. The standard InChI is InChI=1S/C21H29BF3N2O2.K/c1-8-17-14(2)18(16(4)19(15(17)3)22(23,24)25)13-26-9-11-27(12-10-26)20(28)29-21(5,6)7;/h1H,9-13H2,2-7H3;/q-1;+1. The number of halogens is 3. The molecule has 2 rings (SSSR count). The van der Waals surface area contributed by atoms with Crippen LogP contribution in [-0.4, -0.2) is 54.7 Å². The molecule has 0 radical (unpaired) electrons. The van der Waals surface area contributed by atoms with E-state index < -0.39 is 18.0 Å². The van der Waals surface area contributed by atoms with Crippen LogP contribution in [-0.2, 0) is 11.3 Å². The van der Waals surface area contributed by atoms with Gasteiger partial charge in [0.05, 0.1) is 0 Å². The third kappa shape index (κ3) is 6.50. The van der Waals surface area contributed by atoms with Gasteiger partial charge in [-0.15, -0.1) is 11.9 Å². The number of nitrogens with zero attached hydrogens (tertiary/aromatic N) is 2. The molecule has 0 bridgehead atoms. The van der Waals surface area contributed by atoms with Crippen LogP contribution >= 0.6 is 0 Å². The van der Waals surface area contributed by atoms with Crippen molar-refractivity contribution in [2.75, 3.05) is 26.2 Å². The Balaban J connectivity index is 0.00000450. The Morgan fingerprint density at radius 1 is 1.07 bits per heavy atom. The quantitative estimate of drug-likeness (QED) is 0.505. The first-order chi connectivity index (χ1) is 13.3. The number of amides is 1. The van der Waals surface area contributed by atoms with Crippen molar-refractivity contribution in [1.29, 1.82) is 0 Å². The van der Waals surface area contributed by atoms with E-state index in [2.05, 4.69) is 10.8 Å². The van der Waals surface area contributed by atoms with Gasteiger partial charge in [0.1, 0.15) is 5.60 Å². The van der Waals surface area contributed by atoms with Gasteiger partial charge >= 0.3 is 64.5 Å². The zero-order valence-electron chi connectivity index (χ0n) is 19.0. The molecule has 1 amide bonds. The van der Waals surface area contributed by atoms with Crippen molar-refractivity contribution in [3.8, 4) is 12.3 Å². The molecule has 1 aromatic carbocycles. The Hall–Kier alpha value is -0.499. The second kappa shape index (κ2) is 10.4. The summed E-state index contributed by atoms with van der Waals surface area (Å²) < 4.78 is 46.5. The third-order valence-corrected chi connectivity index (χ3v) is 5.34. The molecule has 1 fully saturated rings. The molecule has 30 heavy (non-hydrogen) atoms. The van der Waals surface area contributed by atoms with E-state index in [1.165, 1.54) is 13.8 Å². The maximum absolute atomic E-state index is 13.7. The zero-order chi connectivity index (χ0) is 22.1. The third-order valence-electron chi connectivity index (χ3n) is 5.34. The molecule has 0 spiro atoms. The van der Waals surface area contributed by atoms with E-state index in [0.29, 0.717) is 43.9 Å². The molecule has 0 atom stereocenters. The van der Waals surface area contributed by atoms with Gasteiger partial charge in [0.25, 0.3) is 0 Å². The SMILES string of the molecule is C#Cc1c(C)c(CN2CCN(C(=O)OC(C)(C)C)CC2)c(C)c([B-](F)(F)F)c1C.[K+]. The van der Waals surface area contributed by atoms with E-state index >= 15 is 0 Å². The molecule has 0 unspecified atom stereocenters. The van der Waals surface area contributed by atoms with Crippen LogP contribution in [0.25, 0.3) is 0 Å². The molecule has 1 saturated heterocycles. The van der Waals surface area contributed by atoms with Gasteiger partial charge in [-0.3, -0.25) is 4.90 Å². The summed E-state index contributed by atoms with van der Waals surface area (Å²) in [7, 11) is 0. The molecule has 160 valence electrons. The minimum atomic E-state index is -5.16. The molecule has 0 aliphatic carbocycles. The van der Waals surface area contributed by atoms with Gasteiger partial charge in [-0.1, -0.05) is 17.0 Å². The molecule has 9 heteroatoms. The van der Waals surface area contributed by atoms with E-state index in [0.717, 1.165) is 5.56 Å². The van der Waals surface area contributed by atoms with E-state index in [-0.39, 0.29) is 68.6 Å². The number of ether oxygens (including phenoxy) is 1. The van der Waals surface area contributed by atoms with E-state index in [1.807, 2.05) is 20.8 Å². The Bertz CT molecular complexity index is 837. The van der Waals surface area contributed by atoms with Crippen molar-refractivity contribution in [3.05, 3.63) is 27.8 Å². The molecule has 0 saturated carbocycles. The minimum absolute atomic E-state index is 0. The Kier molecular flexibility index (Phi) is 9.56. The molecular formula is C21H29BF3KN2O2. The fourth-order valence-electron chi connectivity index (χ4n) is 3.88. The van der Waals surface area contributed by atoms with Crippen molar-refractivity contribution in [3.63, 3.8) is 0 Å². The molecular weight excluding hydrogens is 419 g/mol. The number of benzene rings is 1. The van der Waals surface area contributed by atoms with Gasteiger partial charge in [0, 0.05) is 38.3 Å². The number of hydrogen-bond acceptors (Lipinski definition) is 3. The van der Waals surface area contributed by atoms with Crippen LogP contribution in [0.4, 0.5) is 17.7 Å². The molecule has 0 N–H and O–H groups in total. The topological polar surface area (TPSA) is 32.8 Å². The van der Waals surface area contributed by atoms with Crippen LogP contribution in [0.1, 0.15) is 48.6 Å². The summed E-state index contributed by atoms with van der Waals surface area (Å²) in [6, 6.07) is 0. The summed E-state index contributed by atoms with van der Waals surface area (Å²) in [4.78, 5) is 15.9. The second-order valence-electron chi connectivity index (χ2n) is 8.60. The number of terminal acetylenes is 1. The normalized spacial score (nSPS) is 15.4. The van der Waals surface area contributed by atoms with Crippen molar-refractivity contribution in [2.45, 2.75) is 53.7 Å². The van der Waals surface area contributed by atoms with E-state index in [9.17, 15) is 17.7 Å². The van der Waals surface area contributed by atoms with Crippen LogP contribution in [0.15, 0.2) is 0 Å². The molecule has 1 aliphatic heterocycles. The fraction of sp³-hybridized carbons (Fsp3) is 0.571. The van der Waals surface area contributed by atoms with Crippen LogP contribution in [0, 0.1) is 33.1 Å². The van der Waals surface area contributed by atoms with Crippen LogP contribution in [0.3, 0.4) is 0 Å². The van der Waals surface area contributed by atoms with Gasteiger partial charge in [-0.25, -0.2) is 4.79 Å².